The normalized spacial score (nSPS) is 28.9. The van der Waals surface area contributed by atoms with E-state index in [-0.39, 0.29) is 17.4 Å². The highest BCUT2D eigenvalue weighted by Crippen LogP contribution is 2.59. The number of aromatic nitrogens is 2. The molecule has 0 saturated heterocycles. The largest absolute Gasteiger partial charge is 0.327 e. The molecule has 2 unspecified atom stereocenters. The molecule has 0 spiro atoms. The summed E-state index contributed by atoms with van der Waals surface area (Å²) in [7, 11) is 0. The van der Waals surface area contributed by atoms with Crippen molar-refractivity contribution in [2.24, 2.45) is 11.1 Å². The van der Waals surface area contributed by atoms with Crippen LogP contribution in [-0.4, -0.2) is 16.0 Å². The Morgan fingerprint density at radius 3 is 2.07 bits per heavy atom. The summed E-state index contributed by atoms with van der Waals surface area (Å²) < 4.78 is 0. The highest BCUT2D eigenvalue weighted by Gasteiger charge is 2.58. The minimum Gasteiger partial charge on any atom is -0.327 e. The van der Waals surface area contributed by atoms with Crippen molar-refractivity contribution in [2.75, 3.05) is 0 Å². The van der Waals surface area contributed by atoms with Crippen LogP contribution in [0.2, 0.25) is 10.3 Å². The van der Waals surface area contributed by atoms with E-state index in [2.05, 4.69) is 23.8 Å². The van der Waals surface area contributed by atoms with Crippen LogP contribution in [0.1, 0.15) is 25.3 Å². The van der Waals surface area contributed by atoms with E-state index >= 15 is 0 Å². The Kier molecular flexibility index (Phi) is 2.21. The zero-order valence-electron chi connectivity index (χ0n) is 7.96. The van der Waals surface area contributed by atoms with Crippen LogP contribution in [0.5, 0.6) is 0 Å². The summed E-state index contributed by atoms with van der Waals surface area (Å²) in [6.07, 6.45) is 1.36. The number of hydrogen-bond donors (Lipinski definition) is 1. The van der Waals surface area contributed by atoms with Gasteiger partial charge in [-0.05, 0) is 5.41 Å². The molecule has 2 N–H and O–H groups in total. The molecule has 0 amide bonds. The first-order valence-corrected chi connectivity index (χ1v) is 5.13. The number of hydrogen-bond acceptors (Lipinski definition) is 3. The van der Waals surface area contributed by atoms with Gasteiger partial charge in [0.2, 0.25) is 0 Å². The predicted molar refractivity (Wildman–Crippen MR) is 56.5 cm³/mol. The van der Waals surface area contributed by atoms with E-state index in [9.17, 15) is 0 Å². The van der Waals surface area contributed by atoms with Crippen molar-refractivity contribution >= 4 is 23.2 Å². The molecule has 2 rings (SSSR count). The number of nitrogens with zero attached hydrogens (tertiary/aromatic N) is 2. The Bertz CT molecular complexity index is 358. The monoisotopic (exact) mass is 231 g/mol. The van der Waals surface area contributed by atoms with Crippen LogP contribution in [-0.2, 0) is 0 Å². The molecule has 1 aromatic rings. The first-order chi connectivity index (χ1) is 6.46. The highest BCUT2D eigenvalue weighted by molar-refractivity contribution is 6.34. The van der Waals surface area contributed by atoms with Gasteiger partial charge in [0.1, 0.15) is 16.6 Å². The second-order valence-corrected chi connectivity index (χ2v) is 4.91. The van der Waals surface area contributed by atoms with E-state index in [1.165, 1.54) is 6.33 Å². The number of rotatable bonds is 1. The van der Waals surface area contributed by atoms with Gasteiger partial charge < -0.3 is 5.73 Å². The average molecular weight is 232 g/mol. The lowest BCUT2D eigenvalue weighted by Gasteiger charge is -2.05. The number of nitrogens with two attached hydrogens (primary N) is 1. The van der Waals surface area contributed by atoms with E-state index in [0.717, 1.165) is 5.56 Å². The molecular weight excluding hydrogens is 221 g/mol. The maximum atomic E-state index is 5.97. The van der Waals surface area contributed by atoms with Crippen molar-refractivity contribution in [3.8, 4) is 0 Å². The predicted octanol–water partition coefficient (Wildman–Crippen LogP) is 2.23. The van der Waals surface area contributed by atoms with Crippen LogP contribution in [0.3, 0.4) is 0 Å². The SMILES string of the molecule is CC1(C)C(N)C1c1c(Cl)ncnc1Cl. The van der Waals surface area contributed by atoms with Gasteiger partial charge in [-0.15, -0.1) is 0 Å². The fraction of sp³-hybridized carbons (Fsp3) is 0.556. The fourth-order valence-corrected chi connectivity index (χ4v) is 2.39. The third-order valence-corrected chi connectivity index (χ3v) is 3.61. The average Bonchev–Trinajstić information content (AvgIpc) is 2.54. The van der Waals surface area contributed by atoms with Crippen LogP contribution < -0.4 is 5.73 Å². The quantitative estimate of drug-likeness (QED) is 0.755. The molecule has 0 aromatic carbocycles. The van der Waals surface area contributed by atoms with Gasteiger partial charge in [-0.1, -0.05) is 37.0 Å². The molecule has 1 saturated carbocycles. The van der Waals surface area contributed by atoms with Gasteiger partial charge >= 0.3 is 0 Å². The van der Waals surface area contributed by atoms with Crippen LogP contribution in [0.4, 0.5) is 0 Å². The van der Waals surface area contributed by atoms with Crippen LogP contribution in [0.25, 0.3) is 0 Å². The molecule has 1 aromatic heterocycles. The van der Waals surface area contributed by atoms with Gasteiger partial charge in [0.15, 0.2) is 0 Å². The standard InChI is InChI=1S/C9H11Cl2N3/c1-9(2)5(6(9)12)4-7(10)13-3-14-8(4)11/h3,5-6H,12H2,1-2H3. The molecule has 1 aliphatic carbocycles. The zero-order valence-corrected chi connectivity index (χ0v) is 9.47. The molecule has 0 bridgehead atoms. The maximum Gasteiger partial charge on any atom is 0.137 e. The molecule has 3 nitrogen and oxygen atoms in total. The molecule has 14 heavy (non-hydrogen) atoms. The van der Waals surface area contributed by atoms with E-state index in [0.29, 0.717) is 10.3 Å². The summed E-state index contributed by atoms with van der Waals surface area (Å²) in [5.74, 6) is 0.170. The Balaban J connectivity index is 2.44. The summed E-state index contributed by atoms with van der Waals surface area (Å²) in [5, 5.41) is 0.826. The fourth-order valence-electron chi connectivity index (χ4n) is 1.84. The topological polar surface area (TPSA) is 51.8 Å². The van der Waals surface area contributed by atoms with Crippen molar-refractivity contribution in [1.29, 1.82) is 0 Å². The van der Waals surface area contributed by atoms with Crippen molar-refractivity contribution < 1.29 is 0 Å². The number of halogens is 2. The van der Waals surface area contributed by atoms with Crippen molar-refractivity contribution in [3.05, 3.63) is 22.2 Å². The van der Waals surface area contributed by atoms with Crippen molar-refractivity contribution in [1.82, 2.24) is 9.97 Å². The third kappa shape index (κ3) is 1.31. The molecular formula is C9H11Cl2N3. The lowest BCUT2D eigenvalue weighted by atomic mass is 10.1. The molecule has 0 radical (unpaired) electrons. The Hall–Kier alpha value is -0.380. The maximum absolute atomic E-state index is 5.97. The van der Waals surface area contributed by atoms with Gasteiger partial charge in [0.05, 0.1) is 0 Å². The van der Waals surface area contributed by atoms with Crippen LogP contribution >= 0.6 is 23.2 Å². The summed E-state index contributed by atoms with van der Waals surface area (Å²) >= 11 is 11.9. The summed E-state index contributed by atoms with van der Waals surface area (Å²) in [4.78, 5) is 7.83. The second-order valence-electron chi connectivity index (χ2n) is 4.19. The van der Waals surface area contributed by atoms with Gasteiger partial charge in [0, 0.05) is 17.5 Å². The Morgan fingerprint density at radius 2 is 1.71 bits per heavy atom. The Labute approximate surface area is 92.6 Å². The van der Waals surface area contributed by atoms with E-state index < -0.39 is 0 Å². The highest BCUT2D eigenvalue weighted by atomic mass is 35.5. The minimum atomic E-state index is 0.0397. The van der Waals surface area contributed by atoms with Gasteiger partial charge in [0.25, 0.3) is 0 Å². The summed E-state index contributed by atoms with van der Waals surface area (Å²) in [6, 6.07) is 0.0866. The molecule has 76 valence electrons. The molecule has 2 atom stereocenters. The van der Waals surface area contributed by atoms with E-state index in [1.807, 2.05) is 0 Å². The molecule has 1 fully saturated rings. The van der Waals surface area contributed by atoms with Crippen LogP contribution in [0.15, 0.2) is 6.33 Å². The van der Waals surface area contributed by atoms with E-state index in [1.54, 1.807) is 0 Å². The second kappa shape index (κ2) is 3.05. The summed E-state index contributed by atoms with van der Waals surface area (Å²) in [5.41, 5.74) is 6.77. The minimum absolute atomic E-state index is 0.0397. The van der Waals surface area contributed by atoms with E-state index in [4.69, 9.17) is 28.9 Å². The van der Waals surface area contributed by atoms with Crippen molar-refractivity contribution in [3.63, 3.8) is 0 Å². The zero-order chi connectivity index (χ0) is 10.5. The van der Waals surface area contributed by atoms with Gasteiger partial charge in [-0.3, -0.25) is 0 Å². The third-order valence-electron chi connectivity index (χ3n) is 3.01. The molecule has 0 aliphatic heterocycles. The Morgan fingerprint density at radius 1 is 1.29 bits per heavy atom. The lowest BCUT2D eigenvalue weighted by Crippen LogP contribution is -2.06. The van der Waals surface area contributed by atoms with Gasteiger partial charge in [-0.25, -0.2) is 9.97 Å². The van der Waals surface area contributed by atoms with Gasteiger partial charge in [-0.2, -0.15) is 0 Å². The molecule has 1 heterocycles. The lowest BCUT2D eigenvalue weighted by molar-refractivity contribution is 0.598. The van der Waals surface area contributed by atoms with Crippen molar-refractivity contribution in [2.45, 2.75) is 25.8 Å². The molecule has 5 heteroatoms. The smallest absolute Gasteiger partial charge is 0.137 e. The van der Waals surface area contributed by atoms with Crippen LogP contribution in [0, 0.1) is 5.41 Å². The summed E-state index contributed by atoms with van der Waals surface area (Å²) in [6.45, 7) is 4.17. The molecule has 1 aliphatic rings. The first kappa shape index (κ1) is 10.1. The first-order valence-electron chi connectivity index (χ1n) is 4.37.